The predicted molar refractivity (Wildman–Crippen MR) is 91.7 cm³/mol. The van der Waals surface area contributed by atoms with Gasteiger partial charge in [-0.05, 0) is 42.7 Å². The highest BCUT2D eigenvalue weighted by Crippen LogP contribution is 2.28. The Bertz CT molecular complexity index is 648. The van der Waals surface area contributed by atoms with Gasteiger partial charge in [-0.2, -0.15) is 0 Å². The van der Waals surface area contributed by atoms with Crippen LogP contribution in [0.3, 0.4) is 0 Å². The van der Waals surface area contributed by atoms with Crippen molar-refractivity contribution in [2.75, 3.05) is 23.3 Å². The molecule has 2 aromatic carbocycles. The smallest absolute Gasteiger partial charge is 0.228 e. The molecule has 0 aromatic heterocycles. The number of carbonyl (C=O) groups is 1. The van der Waals surface area contributed by atoms with Crippen LogP contribution in [0.2, 0.25) is 5.02 Å². The Hall–Kier alpha value is -2.00. The van der Waals surface area contributed by atoms with E-state index in [1.54, 1.807) is 0 Å². The van der Waals surface area contributed by atoms with E-state index in [-0.39, 0.29) is 5.91 Å². The largest absolute Gasteiger partial charge is 0.370 e. The summed E-state index contributed by atoms with van der Waals surface area (Å²) < 4.78 is 0. The topological polar surface area (TPSA) is 32.3 Å². The molecule has 0 atom stereocenters. The first-order valence-electron chi connectivity index (χ1n) is 7.60. The van der Waals surface area contributed by atoms with E-state index in [2.05, 4.69) is 16.3 Å². The summed E-state index contributed by atoms with van der Waals surface area (Å²) in [5.74, 6) is -0.00558. The zero-order valence-electron chi connectivity index (χ0n) is 12.4. The molecule has 0 unspecified atom stereocenters. The molecule has 3 rings (SSSR count). The van der Waals surface area contributed by atoms with E-state index >= 15 is 0 Å². The number of nitrogens with one attached hydrogen (secondary N) is 1. The van der Waals surface area contributed by atoms with E-state index in [1.165, 1.54) is 12.8 Å². The first-order valence-corrected chi connectivity index (χ1v) is 7.98. The molecule has 1 fully saturated rings. The van der Waals surface area contributed by atoms with Crippen LogP contribution in [0.5, 0.6) is 0 Å². The third-order valence-corrected chi connectivity index (χ3v) is 4.15. The van der Waals surface area contributed by atoms with Gasteiger partial charge in [0.05, 0.1) is 17.8 Å². The molecule has 0 aliphatic carbocycles. The third kappa shape index (κ3) is 3.60. The fraction of sp³-hybridized carbons (Fsp3) is 0.278. The molecule has 4 heteroatoms. The molecule has 0 spiro atoms. The Labute approximate surface area is 135 Å². The van der Waals surface area contributed by atoms with E-state index in [0.29, 0.717) is 11.4 Å². The van der Waals surface area contributed by atoms with Gasteiger partial charge >= 0.3 is 0 Å². The molecular formula is C18H19ClN2O. The van der Waals surface area contributed by atoms with Crippen molar-refractivity contribution in [3.63, 3.8) is 0 Å². The first-order chi connectivity index (χ1) is 10.7. The summed E-state index contributed by atoms with van der Waals surface area (Å²) in [5, 5.41) is 3.72. The number of para-hydroxylation sites is 2. The number of rotatable bonds is 4. The van der Waals surface area contributed by atoms with Crippen molar-refractivity contribution in [2.24, 2.45) is 0 Å². The lowest BCUT2D eigenvalue weighted by atomic mass is 10.1. The minimum absolute atomic E-state index is 0.00558. The van der Waals surface area contributed by atoms with Crippen molar-refractivity contribution in [3.8, 4) is 0 Å². The predicted octanol–water partition coefficient (Wildman–Crippen LogP) is 4.12. The Balaban J connectivity index is 1.69. The minimum atomic E-state index is -0.00558. The quantitative estimate of drug-likeness (QED) is 0.920. The second kappa shape index (κ2) is 6.84. The van der Waals surface area contributed by atoms with E-state index in [0.717, 1.165) is 30.0 Å². The molecule has 1 saturated heterocycles. The van der Waals surface area contributed by atoms with Crippen LogP contribution in [0.15, 0.2) is 48.5 Å². The maximum Gasteiger partial charge on any atom is 0.228 e. The summed E-state index contributed by atoms with van der Waals surface area (Å²) in [6.07, 6.45) is 2.78. The number of anilines is 2. The Kier molecular flexibility index (Phi) is 4.64. The number of halogens is 1. The van der Waals surface area contributed by atoms with Crippen molar-refractivity contribution in [2.45, 2.75) is 19.3 Å². The molecule has 0 radical (unpaired) electrons. The number of amides is 1. The van der Waals surface area contributed by atoms with Crippen LogP contribution in [-0.2, 0) is 11.2 Å². The number of nitrogens with zero attached hydrogens (tertiary/aromatic N) is 1. The van der Waals surface area contributed by atoms with Crippen LogP contribution in [0.1, 0.15) is 18.4 Å². The number of hydrogen-bond donors (Lipinski definition) is 1. The van der Waals surface area contributed by atoms with E-state index in [9.17, 15) is 4.79 Å². The fourth-order valence-corrected chi connectivity index (χ4v) is 2.92. The molecule has 3 nitrogen and oxygen atoms in total. The van der Waals surface area contributed by atoms with Gasteiger partial charge in [-0.3, -0.25) is 4.79 Å². The summed E-state index contributed by atoms with van der Waals surface area (Å²) in [6, 6.07) is 15.4. The number of carbonyl (C=O) groups excluding carboxylic acids is 1. The van der Waals surface area contributed by atoms with Crippen LogP contribution in [0.4, 0.5) is 11.4 Å². The molecule has 1 N–H and O–H groups in total. The number of hydrogen-bond acceptors (Lipinski definition) is 2. The van der Waals surface area contributed by atoms with Gasteiger partial charge in [0.15, 0.2) is 0 Å². The van der Waals surface area contributed by atoms with E-state index in [4.69, 9.17) is 11.6 Å². The van der Waals surface area contributed by atoms with E-state index < -0.39 is 0 Å². The first kappa shape index (κ1) is 14.9. The van der Waals surface area contributed by atoms with Gasteiger partial charge in [0.2, 0.25) is 5.91 Å². The van der Waals surface area contributed by atoms with Crippen molar-refractivity contribution < 1.29 is 4.79 Å². The SMILES string of the molecule is O=C(Cc1ccc(Cl)cc1)Nc1ccccc1N1CCCC1. The molecule has 1 amide bonds. The molecular weight excluding hydrogens is 296 g/mol. The van der Waals surface area contributed by atoms with Crippen LogP contribution in [0.25, 0.3) is 0 Å². The van der Waals surface area contributed by atoms with E-state index in [1.807, 2.05) is 42.5 Å². The monoisotopic (exact) mass is 314 g/mol. The van der Waals surface area contributed by atoms with Crippen LogP contribution < -0.4 is 10.2 Å². The minimum Gasteiger partial charge on any atom is -0.370 e. The van der Waals surface area contributed by atoms with Gasteiger partial charge in [0.1, 0.15) is 0 Å². The Morgan fingerprint density at radius 2 is 1.73 bits per heavy atom. The maximum absolute atomic E-state index is 12.3. The molecule has 0 saturated carbocycles. The van der Waals surface area contributed by atoms with Crippen LogP contribution >= 0.6 is 11.6 Å². The lowest BCUT2D eigenvalue weighted by Gasteiger charge is -2.21. The van der Waals surface area contributed by atoms with Crippen molar-refractivity contribution >= 4 is 28.9 Å². The average molecular weight is 315 g/mol. The molecule has 114 valence electrons. The second-order valence-electron chi connectivity index (χ2n) is 5.56. The van der Waals surface area contributed by atoms with Crippen molar-refractivity contribution in [1.82, 2.24) is 0 Å². The maximum atomic E-state index is 12.3. The van der Waals surface area contributed by atoms with Crippen LogP contribution in [-0.4, -0.2) is 19.0 Å². The Morgan fingerprint density at radius 1 is 1.05 bits per heavy atom. The van der Waals surface area contributed by atoms with Crippen molar-refractivity contribution in [3.05, 3.63) is 59.1 Å². The third-order valence-electron chi connectivity index (χ3n) is 3.90. The van der Waals surface area contributed by atoms with Gasteiger partial charge in [-0.1, -0.05) is 35.9 Å². The summed E-state index contributed by atoms with van der Waals surface area (Å²) >= 11 is 5.87. The van der Waals surface area contributed by atoms with Crippen LogP contribution in [0, 0.1) is 0 Å². The average Bonchev–Trinajstić information content (AvgIpc) is 3.04. The summed E-state index contributed by atoms with van der Waals surface area (Å²) in [6.45, 7) is 2.12. The molecule has 1 aliphatic rings. The summed E-state index contributed by atoms with van der Waals surface area (Å²) in [7, 11) is 0. The highest BCUT2D eigenvalue weighted by Gasteiger charge is 2.16. The fourth-order valence-electron chi connectivity index (χ4n) is 2.80. The normalized spacial score (nSPS) is 14.1. The molecule has 1 aliphatic heterocycles. The lowest BCUT2D eigenvalue weighted by Crippen LogP contribution is -2.21. The van der Waals surface area contributed by atoms with Gasteiger partial charge in [-0.15, -0.1) is 0 Å². The molecule has 22 heavy (non-hydrogen) atoms. The number of benzene rings is 2. The Morgan fingerprint density at radius 3 is 2.45 bits per heavy atom. The molecule has 2 aromatic rings. The molecule has 0 bridgehead atoms. The summed E-state index contributed by atoms with van der Waals surface area (Å²) in [4.78, 5) is 14.6. The molecule has 1 heterocycles. The van der Waals surface area contributed by atoms with Gasteiger partial charge < -0.3 is 10.2 Å². The van der Waals surface area contributed by atoms with Crippen molar-refractivity contribution in [1.29, 1.82) is 0 Å². The van der Waals surface area contributed by atoms with Gasteiger partial charge in [-0.25, -0.2) is 0 Å². The standard InChI is InChI=1S/C18H19ClN2O/c19-15-9-7-14(8-10-15)13-18(22)20-16-5-1-2-6-17(16)21-11-3-4-12-21/h1-2,5-10H,3-4,11-13H2,(H,20,22). The second-order valence-corrected chi connectivity index (χ2v) is 6.00. The zero-order valence-corrected chi connectivity index (χ0v) is 13.1. The highest BCUT2D eigenvalue weighted by molar-refractivity contribution is 6.30. The highest BCUT2D eigenvalue weighted by atomic mass is 35.5. The van der Waals surface area contributed by atoms with Gasteiger partial charge in [0.25, 0.3) is 0 Å². The van der Waals surface area contributed by atoms with Gasteiger partial charge in [0, 0.05) is 18.1 Å². The zero-order chi connectivity index (χ0) is 15.4. The summed E-state index contributed by atoms with van der Waals surface area (Å²) in [5.41, 5.74) is 2.97. The lowest BCUT2D eigenvalue weighted by molar-refractivity contribution is -0.115.